The smallest absolute Gasteiger partial charge is 0.138 e. The number of rotatable bonds is 6. The van der Waals surface area contributed by atoms with Crippen LogP contribution in [0.3, 0.4) is 0 Å². The van der Waals surface area contributed by atoms with Crippen LogP contribution in [0.4, 0.5) is 0 Å². The molecule has 0 radical (unpaired) electrons. The van der Waals surface area contributed by atoms with E-state index in [4.69, 9.17) is 20.6 Å². The zero-order chi connectivity index (χ0) is 14.4. The summed E-state index contributed by atoms with van der Waals surface area (Å²) in [7, 11) is 0. The molecule has 0 saturated carbocycles. The number of hydrogen-bond acceptors (Lipinski definition) is 3. The van der Waals surface area contributed by atoms with Gasteiger partial charge in [0.25, 0.3) is 0 Å². The van der Waals surface area contributed by atoms with Gasteiger partial charge in [0.15, 0.2) is 0 Å². The molecule has 0 aliphatic carbocycles. The maximum atomic E-state index is 7.53. The molecule has 0 unspecified atom stereocenters. The molecular formula is C16H18N2O2. The van der Waals surface area contributed by atoms with Crippen molar-refractivity contribution in [2.45, 2.75) is 13.3 Å². The van der Waals surface area contributed by atoms with Crippen molar-refractivity contribution in [1.29, 1.82) is 5.41 Å². The van der Waals surface area contributed by atoms with E-state index in [-0.39, 0.29) is 5.84 Å². The third-order valence-corrected chi connectivity index (χ3v) is 2.70. The maximum absolute atomic E-state index is 7.53. The van der Waals surface area contributed by atoms with Crippen molar-refractivity contribution in [3.8, 4) is 17.2 Å². The summed E-state index contributed by atoms with van der Waals surface area (Å²) in [5.41, 5.74) is 6.11. The molecule has 0 spiro atoms. The summed E-state index contributed by atoms with van der Waals surface area (Å²) in [4.78, 5) is 0. The predicted octanol–water partition coefficient (Wildman–Crippen LogP) is 3.55. The van der Waals surface area contributed by atoms with Gasteiger partial charge in [0.2, 0.25) is 0 Å². The van der Waals surface area contributed by atoms with Crippen LogP contribution in [-0.4, -0.2) is 12.4 Å². The van der Waals surface area contributed by atoms with Gasteiger partial charge in [-0.05, 0) is 42.8 Å². The number of nitrogens with two attached hydrogens (primary N) is 1. The van der Waals surface area contributed by atoms with E-state index >= 15 is 0 Å². The summed E-state index contributed by atoms with van der Waals surface area (Å²) in [5.74, 6) is 2.06. The molecule has 104 valence electrons. The van der Waals surface area contributed by atoms with Crippen molar-refractivity contribution >= 4 is 5.84 Å². The van der Waals surface area contributed by atoms with E-state index in [0.29, 0.717) is 23.7 Å². The SMILES string of the molecule is CCCOc1ccc(Oc2ccccc2C(=N)N)cc1. The van der Waals surface area contributed by atoms with E-state index < -0.39 is 0 Å². The number of ether oxygens (including phenoxy) is 2. The minimum absolute atomic E-state index is 0.0106. The highest BCUT2D eigenvalue weighted by Gasteiger charge is 2.06. The van der Waals surface area contributed by atoms with Crippen molar-refractivity contribution in [3.63, 3.8) is 0 Å². The summed E-state index contributed by atoms with van der Waals surface area (Å²) in [6.45, 7) is 2.77. The van der Waals surface area contributed by atoms with Crippen LogP contribution in [0.15, 0.2) is 48.5 Å². The van der Waals surface area contributed by atoms with E-state index in [0.717, 1.165) is 12.2 Å². The first kappa shape index (κ1) is 13.9. The molecule has 4 heteroatoms. The number of hydrogen-bond donors (Lipinski definition) is 2. The Balaban J connectivity index is 2.12. The average molecular weight is 270 g/mol. The van der Waals surface area contributed by atoms with Gasteiger partial charge in [0.05, 0.1) is 12.2 Å². The molecule has 0 bridgehead atoms. The van der Waals surface area contributed by atoms with Crippen molar-refractivity contribution in [2.75, 3.05) is 6.61 Å². The average Bonchev–Trinajstić information content (AvgIpc) is 2.47. The zero-order valence-electron chi connectivity index (χ0n) is 11.4. The quantitative estimate of drug-likeness (QED) is 0.623. The molecule has 0 aliphatic rings. The number of benzene rings is 2. The molecule has 20 heavy (non-hydrogen) atoms. The van der Waals surface area contributed by atoms with E-state index in [1.54, 1.807) is 12.1 Å². The number of nitrogen functional groups attached to an aromatic ring is 1. The van der Waals surface area contributed by atoms with Gasteiger partial charge in [-0.15, -0.1) is 0 Å². The Morgan fingerprint density at radius 1 is 1.05 bits per heavy atom. The summed E-state index contributed by atoms with van der Waals surface area (Å²) >= 11 is 0. The fourth-order valence-corrected chi connectivity index (χ4v) is 1.73. The molecule has 0 saturated heterocycles. The Bertz CT molecular complexity index is 579. The number of amidine groups is 1. The maximum Gasteiger partial charge on any atom is 0.138 e. The third kappa shape index (κ3) is 3.51. The molecular weight excluding hydrogens is 252 g/mol. The van der Waals surface area contributed by atoms with Crippen molar-refractivity contribution in [2.24, 2.45) is 5.73 Å². The molecule has 2 aromatic rings. The molecule has 4 nitrogen and oxygen atoms in total. The largest absolute Gasteiger partial charge is 0.494 e. The van der Waals surface area contributed by atoms with Gasteiger partial charge < -0.3 is 15.2 Å². The monoisotopic (exact) mass is 270 g/mol. The molecule has 0 fully saturated rings. The topological polar surface area (TPSA) is 68.3 Å². The second-order valence-corrected chi connectivity index (χ2v) is 4.33. The van der Waals surface area contributed by atoms with Gasteiger partial charge in [-0.1, -0.05) is 19.1 Å². The second kappa shape index (κ2) is 6.61. The van der Waals surface area contributed by atoms with Crippen LogP contribution in [-0.2, 0) is 0 Å². The molecule has 3 N–H and O–H groups in total. The predicted molar refractivity (Wildman–Crippen MR) is 79.8 cm³/mol. The van der Waals surface area contributed by atoms with Crippen LogP contribution >= 0.6 is 0 Å². The molecule has 2 rings (SSSR count). The standard InChI is InChI=1S/C16H18N2O2/c1-2-11-19-12-7-9-13(10-8-12)20-15-6-4-3-5-14(15)16(17)18/h3-10H,2,11H2,1H3,(H3,17,18). The lowest BCUT2D eigenvalue weighted by Gasteiger charge is -2.10. The Kier molecular flexibility index (Phi) is 4.60. The van der Waals surface area contributed by atoms with Gasteiger partial charge in [0, 0.05) is 0 Å². The first-order valence-corrected chi connectivity index (χ1v) is 6.55. The summed E-state index contributed by atoms with van der Waals surface area (Å²) in [6, 6.07) is 14.6. The van der Waals surface area contributed by atoms with Crippen LogP contribution < -0.4 is 15.2 Å². The van der Waals surface area contributed by atoms with Crippen molar-refractivity contribution in [3.05, 3.63) is 54.1 Å². The second-order valence-electron chi connectivity index (χ2n) is 4.33. The fraction of sp³-hybridized carbons (Fsp3) is 0.188. The van der Waals surface area contributed by atoms with Crippen LogP contribution in [0.2, 0.25) is 0 Å². The lowest BCUT2D eigenvalue weighted by Crippen LogP contribution is -2.12. The molecule has 0 amide bonds. The Morgan fingerprint density at radius 3 is 2.35 bits per heavy atom. The normalized spacial score (nSPS) is 10.1. The van der Waals surface area contributed by atoms with Crippen molar-refractivity contribution < 1.29 is 9.47 Å². The van der Waals surface area contributed by atoms with E-state index in [1.807, 2.05) is 36.4 Å². The molecule has 0 heterocycles. The van der Waals surface area contributed by atoms with Gasteiger partial charge in [-0.2, -0.15) is 0 Å². The van der Waals surface area contributed by atoms with Crippen molar-refractivity contribution in [1.82, 2.24) is 0 Å². The minimum Gasteiger partial charge on any atom is -0.494 e. The Labute approximate surface area is 118 Å². The summed E-state index contributed by atoms with van der Waals surface area (Å²) in [6.07, 6.45) is 0.976. The molecule has 2 aromatic carbocycles. The van der Waals surface area contributed by atoms with Gasteiger partial charge in [0.1, 0.15) is 23.1 Å². The lowest BCUT2D eigenvalue weighted by molar-refractivity contribution is 0.317. The minimum atomic E-state index is -0.0106. The van der Waals surface area contributed by atoms with Crippen LogP contribution in [0.1, 0.15) is 18.9 Å². The van der Waals surface area contributed by atoms with E-state index in [2.05, 4.69) is 6.92 Å². The first-order chi connectivity index (χ1) is 9.70. The van der Waals surface area contributed by atoms with Crippen LogP contribution in [0.25, 0.3) is 0 Å². The third-order valence-electron chi connectivity index (χ3n) is 2.70. The summed E-state index contributed by atoms with van der Waals surface area (Å²) in [5, 5.41) is 7.53. The highest BCUT2D eigenvalue weighted by atomic mass is 16.5. The highest BCUT2D eigenvalue weighted by molar-refractivity contribution is 5.97. The zero-order valence-corrected chi connectivity index (χ0v) is 11.4. The molecule has 0 aromatic heterocycles. The van der Waals surface area contributed by atoms with Crippen LogP contribution in [0.5, 0.6) is 17.2 Å². The van der Waals surface area contributed by atoms with Crippen LogP contribution in [0, 0.1) is 5.41 Å². The van der Waals surface area contributed by atoms with Gasteiger partial charge in [-0.25, -0.2) is 0 Å². The molecule has 0 atom stereocenters. The fourth-order valence-electron chi connectivity index (χ4n) is 1.73. The lowest BCUT2D eigenvalue weighted by atomic mass is 10.2. The van der Waals surface area contributed by atoms with Gasteiger partial charge in [-0.3, -0.25) is 5.41 Å². The van der Waals surface area contributed by atoms with E-state index in [1.165, 1.54) is 0 Å². The molecule has 0 aliphatic heterocycles. The summed E-state index contributed by atoms with van der Waals surface area (Å²) < 4.78 is 11.3. The van der Waals surface area contributed by atoms with E-state index in [9.17, 15) is 0 Å². The highest BCUT2D eigenvalue weighted by Crippen LogP contribution is 2.26. The Morgan fingerprint density at radius 2 is 1.70 bits per heavy atom. The van der Waals surface area contributed by atoms with Gasteiger partial charge >= 0.3 is 0 Å². The Hall–Kier alpha value is -2.49. The first-order valence-electron chi connectivity index (χ1n) is 6.55. The number of para-hydroxylation sites is 1. The number of nitrogens with one attached hydrogen (secondary N) is 1.